The standard InChI is InChI=1S/C17H13BrN2O/c1-12-4-2-7-16(8-12)20-17(21)14(11-19)9-13-5-3-6-15(18)10-13/h2-10H,1H3,(H,20,21)/b14-9+. The second-order valence-electron chi connectivity index (χ2n) is 4.55. The van der Waals surface area contributed by atoms with Crippen LogP contribution in [0.1, 0.15) is 11.1 Å². The summed E-state index contributed by atoms with van der Waals surface area (Å²) in [6.45, 7) is 1.94. The number of nitrogens with one attached hydrogen (secondary N) is 1. The van der Waals surface area contributed by atoms with E-state index in [0.717, 1.165) is 15.6 Å². The molecule has 0 aliphatic rings. The summed E-state index contributed by atoms with van der Waals surface area (Å²) in [5, 5.41) is 11.9. The van der Waals surface area contributed by atoms with Gasteiger partial charge in [0.25, 0.3) is 5.91 Å². The molecule has 0 atom stereocenters. The van der Waals surface area contributed by atoms with Gasteiger partial charge in [0.2, 0.25) is 0 Å². The van der Waals surface area contributed by atoms with E-state index in [2.05, 4.69) is 21.2 Å². The van der Waals surface area contributed by atoms with Crippen LogP contribution in [-0.4, -0.2) is 5.91 Å². The fourth-order valence-electron chi connectivity index (χ4n) is 1.83. The lowest BCUT2D eigenvalue weighted by molar-refractivity contribution is -0.112. The van der Waals surface area contributed by atoms with Gasteiger partial charge in [-0.15, -0.1) is 0 Å². The molecule has 0 aliphatic heterocycles. The molecule has 2 rings (SSSR count). The lowest BCUT2D eigenvalue weighted by Crippen LogP contribution is -2.13. The van der Waals surface area contributed by atoms with Crippen molar-refractivity contribution >= 4 is 33.6 Å². The van der Waals surface area contributed by atoms with Gasteiger partial charge in [0.1, 0.15) is 11.6 Å². The van der Waals surface area contributed by atoms with Crippen LogP contribution in [0.4, 0.5) is 5.69 Å². The zero-order valence-electron chi connectivity index (χ0n) is 11.4. The smallest absolute Gasteiger partial charge is 0.266 e. The largest absolute Gasteiger partial charge is 0.321 e. The maximum Gasteiger partial charge on any atom is 0.266 e. The molecule has 0 heterocycles. The van der Waals surface area contributed by atoms with Gasteiger partial charge in [-0.3, -0.25) is 4.79 Å². The first-order valence-corrected chi connectivity index (χ1v) is 7.13. The van der Waals surface area contributed by atoms with E-state index in [4.69, 9.17) is 5.26 Å². The van der Waals surface area contributed by atoms with E-state index in [9.17, 15) is 4.79 Å². The minimum absolute atomic E-state index is 0.0645. The molecule has 0 aromatic heterocycles. The highest BCUT2D eigenvalue weighted by Crippen LogP contribution is 2.16. The van der Waals surface area contributed by atoms with Crippen LogP contribution in [0.2, 0.25) is 0 Å². The minimum atomic E-state index is -0.414. The van der Waals surface area contributed by atoms with E-state index in [1.165, 1.54) is 0 Å². The predicted molar refractivity (Wildman–Crippen MR) is 87.5 cm³/mol. The van der Waals surface area contributed by atoms with Crippen LogP contribution in [0.25, 0.3) is 6.08 Å². The third-order valence-corrected chi connectivity index (χ3v) is 3.29. The van der Waals surface area contributed by atoms with Crippen molar-refractivity contribution in [1.29, 1.82) is 5.26 Å². The van der Waals surface area contributed by atoms with Crippen molar-refractivity contribution in [1.82, 2.24) is 0 Å². The number of benzene rings is 2. The summed E-state index contributed by atoms with van der Waals surface area (Å²) in [7, 11) is 0. The predicted octanol–water partition coefficient (Wildman–Crippen LogP) is 4.30. The number of hydrogen-bond acceptors (Lipinski definition) is 2. The molecular formula is C17H13BrN2O. The lowest BCUT2D eigenvalue weighted by atomic mass is 10.1. The number of halogens is 1. The number of hydrogen-bond donors (Lipinski definition) is 1. The third-order valence-electron chi connectivity index (χ3n) is 2.80. The van der Waals surface area contributed by atoms with Gasteiger partial charge in [0.15, 0.2) is 0 Å². The quantitative estimate of drug-likeness (QED) is 0.668. The highest BCUT2D eigenvalue weighted by Gasteiger charge is 2.09. The molecule has 2 aromatic rings. The Labute approximate surface area is 132 Å². The molecule has 0 unspecified atom stereocenters. The number of nitrogens with zero attached hydrogens (tertiary/aromatic N) is 1. The number of amides is 1. The van der Waals surface area contributed by atoms with Crippen LogP contribution < -0.4 is 5.32 Å². The molecule has 0 bridgehead atoms. The number of aryl methyl sites for hydroxylation is 1. The normalized spacial score (nSPS) is 10.8. The lowest BCUT2D eigenvalue weighted by Gasteiger charge is -2.05. The Balaban J connectivity index is 2.21. The average molecular weight is 341 g/mol. The maximum absolute atomic E-state index is 12.1. The monoisotopic (exact) mass is 340 g/mol. The summed E-state index contributed by atoms with van der Waals surface area (Å²) in [6, 6.07) is 16.8. The molecule has 0 aliphatic carbocycles. The van der Waals surface area contributed by atoms with E-state index in [0.29, 0.717) is 5.69 Å². The Morgan fingerprint density at radius 1 is 1.24 bits per heavy atom. The molecule has 21 heavy (non-hydrogen) atoms. The Morgan fingerprint density at radius 3 is 2.67 bits per heavy atom. The number of carbonyl (C=O) groups excluding carboxylic acids is 1. The van der Waals surface area contributed by atoms with Gasteiger partial charge in [-0.05, 0) is 48.4 Å². The molecule has 4 heteroatoms. The Kier molecular flexibility index (Phi) is 4.91. The van der Waals surface area contributed by atoms with Gasteiger partial charge < -0.3 is 5.32 Å². The molecule has 2 aromatic carbocycles. The van der Waals surface area contributed by atoms with Gasteiger partial charge in [0.05, 0.1) is 0 Å². The molecule has 1 amide bonds. The molecule has 3 nitrogen and oxygen atoms in total. The van der Waals surface area contributed by atoms with Gasteiger partial charge in [-0.25, -0.2) is 0 Å². The Bertz CT molecular complexity index is 744. The highest BCUT2D eigenvalue weighted by atomic mass is 79.9. The molecule has 0 saturated heterocycles. The second-order valence-corrected chi connectivity index (χ2v) is 5.46. The number of nitriles is 1. The van der Waals surface area contributed by atoms with Crippen LogP contribution in [0.3, 0.4) is 0 Å². The van der Waals surface area contributed by atoms with E-state index < -0.39 is 5.91 Å². The average Bonchev–Trinajstić information content (AvgIpc) is 2.44. The van der Waals surface area contributed by atoms with Gasteiger partial charge >= 0.3 is 0 Å². The van der Waals surface area contributed by atoms with Crippen LogP contribution >= 0.6 is 15.9 Å². The zero-order chi connectivity index (χ0) is 15.2. The van der Waals surface area contributed by atoms with Crippen molar-refractivity contribution in [2.45, 2.75) is 6.92 Å². The molecule has 0 fully saturated rings. The minimum Gasteiger partial charge on any atom is -0.321 e. The SMILES string of the molecule is Cc1cccc(NC(=O)/C(C#N)=C/c2cccc(Br)c2)c1. The second kappa shape index (κ2) is 6.87. The van der Waals surface area contributed by atoms with Crippen molar-refractivity contribution in [3.63, 3.8) is 0 Å². The number of carbonyl (C=O) groups is 1. The van der Waals surface area contributed by atoms with Crippen LogP contribution in [0.15, 0.2) is 58.6 Å². The number of anilines is 1. The van der Waals surface area contributed by atoms with Crippen molar-refractivity contribution in [3.8, 4) is 6.07 Å². The summed E-state index contributed by atoms with van der Waals surface area (Å²) in [5.41, 5.74) is 2.58. The highest BCUT2D eigenvalue weighted by molar-refractivity contribution is 9.10. The first-order chi connectivity index (χ1) is 10.1. The molecule has 1 N–H and O–H groups in total. The van der Waals surface area contributed by atoms with Crippen LogP contribution in [0.5, 0.6) is 0 Å². The molecular weight excluding hydrogens is 328 g/mol. The van der Waals surface area contributed by atoms with Crippen molar-refractivity contribution in [2.75, 3.05) is 5.32 Å². The van der Waals surface area contributed by atoms with Crippen LogP contribution in [-0.2, 0) is 4.79 Å². The van der Waals surface area contributed by atoms with Crippen LogP contribution in [0, 0.1) is 18.3 Å². The summed E-state index contributed by atoms with van der Waals surface area (Å²) in [4.78, 5) is 12.1. The fourth-order valence-corrected chi connectivity index (χ4v) is 2.25. The van der Waals surface area contributed by atoms with E-state index in [-0.39, 0.29) is 5.57 Å². The topological polar surface area (TPSA) is 52.9 Å². The van der Waals surface area contributed by atoms with E-state index in [1.807, 2.05) is 55.5 Å². The maximum atomic E-state index is 12.1. The van der Waals surface area contributed by atoms with Gasteiger partial charge in [0, 0.05) is 10.2 Å². The first-order valence-electron chi connectivity index (χ1n) is 6.34. The summed E-state index contributed by atoms with van der Waals surface area (Å²) < 4.78 is 0.896. The fraction of sp³-hybridized carbons (Fsp3) is 0.0588. The third kappa shape index (κ3) is 4.30. The van der Waals surface area contributed by atoms with Crippen molar-refractivity contribution < 1.29 is 4.79 Å². The summed E-state index contributed by atoms with van der Waals surface area (Å²) in [6.07, 6.45) is 1.57. The summed E-state index contributed by atoms with van der Waals surface area (Å²) in [5.74, 6) is -0.414. The van der Waals surface area contributed by atoms with E-state index in [1.54, 1.807) is 12.1 Å². The van der Waals surface area contributed by atoms with Gasteiger partial charge in [-0.1, -0.05) is 40.2 Å². The number of rotatable bonds is 3. The van der Waals surface area contributed by atoms with Gasteiger partial charge in [-0.2, -0.15) is 5.26 Å². The Hall–Kier alpha value is -2.38. The van der Waals surface area contributed by atoms with Crippen molar-refractivity contribution in [2.24, 2.45) is 0 Å². The summed E-state index contributed by atoms with van der Waals surface area (Å²) >= 11 is 3.36. The molecule has 0 radical (unpaired) electrons. The van der Waals surface area contributed by atoms with E-state index >= 15 is 0 Å². The first kappa shape index (κ1) is 15.0. The molecule has 0 saturated carbocycles. The van der Waals surface area contributed by atoms with Crippen molar-refractivity contribution in [3.05, 3.63) is 69.7 Å². The molecule has 104 valence electrons. The zero-order valence-corrected chi connectivity index (χ0v) is 13.0. The molecule has 0 spiro atoms. The Morgan fingerprint density at radius 2 is 2.00 bits per heavy atom.